The van der Waals surface area contributed by atoms with Crippen molar-refractivity contribution < 1.29 is 14.4 Å². The number of piperidine rings is 3. The van der Waals surface area contributed by atoms with E-state index >= 15 is 0 Å². The van der Waals surface area contributed by atoms with Crippen LogP contribution in [0.3, 0.4) is 0 Å². The molecule has 0 aromatic heterocycles. The first-order valence-electron chi connectivity index (χ1n) is 11.8. The van der Waals surface area contributed by atoms with Gasteiger partial charge in [0, 0.05) is 37.3 Å². The van der Waals surface area contributed by atoms with Crippen LogP contribution in [0.2, 0.25) is 0 Å². The molecule has 1 aromatic carbocycles. The van der Waals surface area contributed by atoms with Crippen molar-refractivity contribution in [3.8, 4) is 0 Å². The lowest BCUT2D eigenvalue weighted by molar-refractivity contribution is -0.136. The Bertz CT molecular complexity index is 872. The maximum absolute atomic E-state index is 12.9. The highest BCUT2D eigenvalue weighted by molar-refractivity contribution is 6.05. The minimum absolute atomic E-state index is 0.100. The quantitative estimate of drug-likeness (QED) is 0.723. The maximum Gasteiger partial charge on any atom is 0.255 e. The first kappa shape index (κ1) is 20.5. The molecule has 1 aromatic rings. The first-order chi connectivity index (χ1) is 15.1. The van der Waals surface area contributed by atoms with Gasteiger partial charge in [0.1, 0.15) is 6.04 Å². The van der Waals surface area contributed by atoms with Gasteiger partial charge in [-0.05, 0) is 87.2 Å². The molecule has 0 aliphatic carbocycles. The Morgan fingerprint density at radius 2 is 1.68 bits per heavy atom. The van der Waals surface area contributed by atoms with E-state index in [0.29, 0.717) is 18.5 Å². The second-order valence-electron chi connectivity index (χ2n) is 9.60. The monoisotopic (exact) mass is 424 g/mol. The number of anilines is 1. The molecule has 31 heavy (non-hydrogen) atoms. The highest BCUT2D eigenvalue weighted by Crippen LogP contribution is 2.34. The molecule has 1 atom stereocenters. The molecule has 0 radical (unpaired) electrons. The van der Waals surface area contributed by atoms with E-state index in [-0.39, 0.29) is 24.1 Å². The number of carbonyl (C=O) groups excluding carboxylic acids is 3. The Kier molecular flexibility index (Phi) is 5.69. The highest BCUT2D eigenvalue weighted by atomic mass is 16.2. The Labute approximate surface area is 183 Å². The van der Waals surface area contributed by atoms with Gasteiger partial charge >= 0.3 is 0 Å². The van der Waals surface area contributed by atoms with Crippen LogP contribution in [0, 0.1) is 11.8 Å². The molecule has 0 bridgehead atoms. The predicted octanol–water partition coefficient (Wildman–Crippen LogP) is 2.05. The smallest absolute Gasteiger partial charge is 0.255 e. The van der Waals surface area contributed by atoms with E-state index in [1.807, 2.05) is 6.07 Å². The summed E-state index contributed by atoms with van der Waals surface area (Å²) in [7, 11) is 0. The molecular weight excluding hydrogens is 392 g/mol. The third-order valence-electron chi connectivity index (χ3n) is 7.61. The van der Waals surface area contributed by atoms with Crippen molar-refractivity contribution in [1.82, 2.24) is 15.5 Å². The van der Waals surface area contributed by atoms with Gasteiger partial charge in [0.2, 0.25) is 11.8 Å². The van der Waals surface area contributed by atoms with Gasteiger partial charge in [0.15, 0.2) is 0 Å². The van der Waals surface area contributed by atoms with Gasteiger partial charge in [-0.15, -0.1) is 0 Å². The van der Waals surface area contributed by atoms with Gasteiger partial charge in [-0.1, -0.05) is 0 Å². The fourth-order valence-electron chi connectivity index (χ4n) is 5.77. The van der Waals surface area contributed by atoms with Crippen LogP contribution in [0.25, 0.3) is 0 Å². The molecule has 0 spiro atoms. The number of amides is 3. The summed E-state index contributed by atoms with van der Waals surface area (Å²) >= 11 is 0. The second kappa shape index (κ2) is 8.61. The zero-order chi connectivity index (χ0) is 21.4. The third-order valence-corrected chi connectivity index (χ3v) is 7.61. The number of carbonyl (C=O) groups is 3. The molecule has 5 rings (SSSR count). The molecule has 7 heteroatoms. The van der Waals surface area contributed by atoms with Crippen molar-refractivity contribution in [1.29, 1.82) is 0 Å². The molecule has 3 fully saturated rings. The zero-order valence-corrected chi connectivity index (χ0v) is 18.1. The standard InChI is InChI=1S/C24H32N4O3/c29-22-4-3-21(23(30)26-22)28-15-18-14-19(1-2-20(18)24(28)31)27-11-7-17(8-12-27)13-16-5-9-25-10-6-16/h1-2,14,16-17,21,25H,3-13,15H2,(H,26,29,30)/t21-/m0/s1. The van der Waals surface area contributed by atoms with Crippen molar-refractivity contribution in [3.63, 3.8) is 0 Å². The van der Waals surface area contributed by atoms with Crippen LogP contribution in [-0.4, -0.2) is 54.8 Å². The highest BCUT2D eigenvalue weighted by Gasteiger charge is 2.39. The summed E-state index contributed by atoms with van der Waals surface area (Å²) in [5.74, 6) is 1.02. The van der Waals surface area contributed by atoms with Gasteiger partial charge in [-0.2, -0.15) is 0 Å². The van der Waals surface area contributed by atoms with E-state index < -0.39 is 6.04 Å². The number of rotatable bonds is 4. The number of imide groups is 1. The normalized spacial score (nSPS) is 25.7. The molecule has 2 N–H and O–H groups in total. The summed E-state index contributed by atoms with van der Waals surface area (Å²) in [5, 5.41) is 5.83. The SMILES string of the molecule is O=C1CC[C@H](N2Cc3cc(N4CCC(CC5CCNCC5)CC4)ccc3C2=O)C(=O)N1. The van der Waals surface area contributed by atoms with E-state index in [2.05, 4.69) is 27.7 Å². The summed E-state index contributed by atoms with van der Waals surface area (Å²) in [4.78, 5) is 40.6. The Morgan fingerprint density at radius 1 is 0.935 bits per heavy atom. The number of nitrogens with zero attached hydrogens (tertiary/aromatic N) is 2. The summed E-state index contributed by atoms with van der Waals surface area (Å²) in [6.07, 6.45) is 7.18. The Morgan fingerprint density at radius 3 is 2.42 bits per heavy atom. The topological polar surface area (TPSA) is 81.8 Å². The third kappa shape index (κ3) is 4.20. The summed E-state index contributed by atoms with van der Waals surface area (Å²) in [6.45, 7) is 4.93. The van der Waals surface area contributed by atoms with Crippen LogP contribution in [-0.2, 0) is 16.1 Å². The van der Waals surface area contributed by atoms with Gasteiger partial charge in [0.05, 0.1) is 0 Å². The fourth-order valence-corrected chi connectivity index (χ4v) is 5.77. The lowest BCUT2D eigenvalue weighted by Gasteiger charge is -2.36. The summed E-state index contributed by atoms with van der Waals surface area (Å²) in [5.41, 5.74) is 2.86. The van der Waals surface area contributed by atoms with E-state index in [9.17, 15) is 14.4 Å². The van der Waals surface area contributed by atoms with Crippen molar-refractivity contribution >= 4 is 23.4 Å². The average molecular weight is 425 g/mol. The van der Waals surface area contributed by atoms with E-state index in [1.165, 1.54) is 50.9 Å². The van der Waals surface area contributed by atoms with Gasteiger partial charge < -0.3 is 15.1 Å². The molecule has 3 saturated heterocycles. The minimum Gasteiger partial charge on any atom is -0.372 e. The van der Waals surface area contributed by atoms with Crippen LogP contribution in [0.4, 0.5) is 5.69 Å². The van der Waals surface area contributed by atoms with Gasteiger partial charge in [0.25, 0.3) is 5.91 Å². The number of hydrogen-bond donors (Lipinski definition) is 2. The van der Waals surface area contributed by atoms with Crippen LogP contribution >= 0.6 is 0 Å². The minimum atomic E-state index is -0.549. The molecule has 166 valence electrons. The predicted molar refractivity (Wildman–Crippen MR) is 118 cm³/mol. The molecule has 7 nitrogen and oxygen atoms in total. The summed E-state index contributed by atoms with van der Waals surface area (Å²) < 4.78 is 0. The fraction of sp³-hybridized carbons (Fsp3) is 0.625. The van der Waals surface area contributed by atoms with Crippen molar-refractivity contribution in [2.45, 2.75) is 57.5 Å². The van der Waals surface area contributed by atoms with E-state index in [0.717, 1.165) is 30.5 Å². The van der Waals surface area contributed by atoms with Crippen LogP contribution < -0.4 is 15.5 Å². The Hall–Kier alpha value is -2.41. The van der Waals surface area contributed by atoms with Crippen LogP contribution in [0.15, 0.2) is 18.2 Å². The second-order valence-corrected chi connectivity index (χ2v) is 9.60. The molecule has 0 saturated carbocycles. The lowest BCUT2D eigenvalue weighted by atomic mass is 9.83. The number of benzene rings is 1. The summed E-state index contributed by atoms with van der Waals surface area (Å²) in [6, 6.07) is 5.55. The van der Waals surface area contributed by atoms with Gasteiger partial charge in [-0.3, -0.25) is 19.7 Å². The van der Waals surface area contributed by atoms with Gasteiger partial charge in [-0.25, -0.2) is 0 Å². The van der Waals surface area contributed by atoms with Crippen molar-refractivity contribution in [2.75, 3.05) is 31.1 Å². The first-order valence-corrected chi connectivity index (χ1v) is 11.8. The maximum atomic E-state index is 12.9. The number of hydrogen-bond acceptors (Lipinski definition) is 5. The van der Waals surface area contributed by atoms with E-state index in [4.69, 9.17) is 0 Å². The van der Waals surface area contributed by atoms with Crippen LogP contribution in [0.5, 0.6) is 0 Å². The molecule has 3 amide bonds. The molecular formula is C24H32N4O3. The molecule has 4 heterocycles. The average Bonchev–Trinajstić information content (AvgIpc) is 3.10. The van der Waals surface area contributed by atoms with Crippen molar-refractivity contribution in [3.05, 3.63) is 29.3 Å². The largest absolute Gasteiger partial charge is 0.372 e. The molecule has 4 aliphatic heterocycles. The van der Waals surface area contributed by atoms with Crippen molar-refractivity contribution in [2.24, 2.45) is 11.8 Å². The number of nitrogens with one attached hydrogen (secondary N) is 2. The van der Waals surface area contributed by atoms with Crippen LogP contribution in [0.1, 0.15) is 60.9 Å². The molecule has 4 aliphatic rings. The number of fused-ring (bicyclic) bond motifs is 1. The molecule has 0 unspecified atom stereocenters. The lowest BCUT2D eigenvalue weighted by Crippen LogP contribution is -2.52. The zero-order valence-electron chi connectivity index (χ0n) is 18.1. The Balaban J connectivity index is 1.21. The van der Waals surface area contributed by atoms with E-state index in [1.54, 1.807) is 4.90 Å².